The van der Waals surface area contributed by atoms with Crippen molar-refractivity contribution in [3.63, 3.8) is 0 Å². The summed E-state index contributed by atoms with van der Waals surface area (Å²) in [4.78, 5) is 22.0. The molecule has 8 nitrogen and oxygen atoms in total. The van der Waals surface area contributed by atoms with Crippen LogP contribution in [0.1, 0.15) is 11.1 Å². The minimum absolute atomic E-state index is 0.0282. The van der Waals surface area contributed by atoms with E-state index in [1.54, 1.807) is 30.1 Å². The van der Waals surface area contributed by atoms with Crippen LogP contribution in [-0.2, 0) is 4.79 Å². The molecule has 0 fully saturated rings. The molecule has 4 N–H and O–H groups in total. The molecule has 9 heteroatoms. The van der Waals surface area contributed by atoms with Crippen molar-refractivity contribution in [3.05, 3.63) is 107 Å². The van der Waals surface area contributed by atoms with Crippen molar-refractivity contribution in [2.45, 2.75) is 0 Å². The number of nitrogens with two attached hydrogens (primary N) is 2. The molecule has 3 aromatic carbocycles. The van der Waals surface area contributed by atoms with E-state index in [1.165, 1.54) is 0 Å². The monoisotopic (exact) mass is 497 g/mol. The number of aliphatic imine (C=N–C) groups is 1. The van der Waals surface area contributed by atoms with E-state index in [0.717, 1.165) is 28.2 Å². The summed E-state index contributed by atoms with van der Waals surface area (Å²) in [5, 5.41) is 8.66. The highest BCUT2D eigenvalue weighted by Crippen LogP contribution is 2.28. The summed E-state index contributed by atoms with van der Waals surface area (Å²) >= 11 is 6.11. The van der Waals surface area contributed by atoms with Gasteiger partial charge in [-0.3, -0.25) is 9.79 Å². The lowest BCUT2D eigenvalue weighted by molar-refractivity contribution is -0.116. The molecular formula is C27H24ClN7O. The first kappa shape index (κ1) is 24.6. The van der Waals surface area contributed by atoms with E-state index in [2.05, 4.69) is 20.2 Å². The molecule has 36 heavy (non-hydrogen) atoms. The van der Waals surface area contributed by atoms with Gasteiger partial charge in [0.1, 0.15) is 18.1 Å². The first-order valence-corrected chi connectivity index (χ1v) is 11.5. The van der Waals surface area contributed by atoms with Crippen LogP contribution in [0.25, 0.3) is 0 Å². The molecule has 4 aromatic rings. The van der Waals surface area contributed by atoms with E-state index in [0.29, 0.717) is 16.5 Å². The van der Waals surface area contributed by atoms with E-state index in [-0.39, 0.29) is 18.3 Å². The maximum absolute atomic E-state index is 12.0. The van der Waals surface area contributed by atoms with Gasteiger partial charge in [0.2, 0.25) is 5.91 Å². The summed E-state index contributed by atoms with van der Waals surface area (Å²) in [5.74, 6) is 0.621. The number of likely N-dealkylation sites (N-methyl/N-ethyl adjacent to an activating group) is 1. The Labute approximate surface area is 214 Å². The first-order valence-electron chi connectivity index (χ1n) is 11.1. The maximum Gasteiger partial charge on any atom is 0.248 e. The van der Waals surface area contributed by atoms with Gasteiger partial charge < -0.3 is 16.4 Å². The lowest BCUT2D eigenvalue weighted by Crippen LogP contribution is -2.27. The first-order chi connectivity index (χ1) is 17.4. The van der Waals surface area contributed by atoms with Crippen LogP contribution in [-0.4, -0.2) is 30.2 Å². The maximum atomic E-state index is 12.0. The van der Waals surface area contributed by atoms with Gasteiger partial charge >= 0.3 is 0 Å². The average molecular weight is 498 g/mol. The number of amides is 1. The molecule has 0 atom stereocenters. The number of carbonyl (C=O) groups excluding carboxylic acids is 1. The molecule has 0 saturated carbocycles. The Kier molecular flexibility index (Phi) is 7.67. The van der Waals surface area contributed by atoms with Crippen LogP contribution in [0.2, 0.25) is 5.02 Å². The van der Waals surface area contributed by atoms with Gasteiger partial charge in [-0.05, 0) is 42.5 Å². The number of halogens is 1. The highest BCUT2D eigenvalue weighted by atomic mass is 35.5. The normalized spacial score (nSPS) is 12.9. The molecule has 1 aromatic heterocycles. The Morgan fingerprint density at radius 3 is 2.28 bits per heavy atom. The Morgan fingerprint density at radius 2 is 1.58 bits per heavy atom. The lowest BCUT2D eigenvalue weighted by atomic mass is 10.0. The molecule has 5 rings (SSSR count). The van der Waals surface area contributed by atoms with Gasteiger partial charge in [-0.15, -0.1) is 5.11 Å². The molecular weight excluding hydrogens is 474 g/mol. The molecule has 1 amide bonds. The van der Waals surface area contributed by atoms with Crippen LogP contribution in [0.5, 0.6) is 0 Å². The van der Waals surface area contributed by atoms with Crippen LogP contribution in [0.4, 0.5) is 28.7 Å². The smallest absolute Gasteiger partial charge is 0.248 e. The van der Waals surface area contributed by atoms with E-state index in [1.807, 2.05) is 72.8 Å². The minimum Gasteiger partial charge on any atom is -0.384 e. The van der Waals surface area contributed by atoms with E-state index < -0.39 is 0 Å². The number of hydrogen-bond acceptors (Lipinski definition) is 7. The quantitative estimate of drug-likeness (QED) is 0.346. The van der Waals surface area contributed by atoms with Gasteiger partial charge in [-0.1, -0.05) is 60.1 Å². The summed E-state index contributed by atoms with van der Waals surface area (Å²) in [6.07, 6.45) is 0. The highest BCUT2D eigenvalue weighted by molar-refractivity contribution is 6.32. The van der Waals surface area contributed by atoms with Crippen LogP contribution in [0, 0.1) is 0 Å². The van der Waals surface area contributed by atoms with Crippen LogP contribution in [0.15, 0.2) is 106 Å². The number of nitrogens with zero attached hydrogens (tertiary/aromatic N) is 5. The van der Waals surface area contributed by atoms with Gasteiger partial charge in [0, 0.05) is 23.2 Å². The summed E-state index contributed by atoms with van der Waals surface area (Å²) in [7, 11) is 1.76. The third-order valence-electron chi connectivity index (χ3n) is 5.32. The Bertz CT molecular complexity index is 1420. The lowest BCUT2D eigenvalue weighted by Gasteiger charge is -2.18. The zero-order chi connectivity index (χ0) is 25.5. The molecule has 0 spiro atoms. The number of rotatable bonds is 3. The number of carbonyl (C=O) groups is 1. The van der Waals surface area contributed by atoms with E-state index in [9.17, 15) is 4.79 Å². The zero-order valence-corrected chi connectivity index (χ0v) is 20.3. The van der Waals surface area contributed by atoms with Crippen molar-refractivity contribution < 1.29 is 4.79 Å². The number of fused-ring (bicyclic) bond motifs is 1. The Hall–Kier alpha value is -4.56. The molecule has 1 aliphatic heterocycles. The molecule has 0 saturated heterocycles. The largest absolute Gasteiger partial charge is 0.384 e. The molecule has 2 heterocycles. The van der Waals surface area contributed by atoms with Gasteiger partial charge in [0.05, 0.1) is 17.1 Å². The SMILES string of the molecule is CN1C(=O)CN=C(c2ccccc2)c2cc(Cl)ccc21.Nc1ccc(N=Nc2ccccc2)c(N)n1. The topological polar surface area (TPSA) is 122 Å². The van der Waals surface area contributed by atoms with Crippen LogP contribution < -0.4 is 16.4 Å². The summed E-state index contributed by atoms with van der Waals surface area (Å²) < 4.78 is 0. The number of aromatic nitrogens is 1. The molecule has 180 valence electrons. The second kappa shape index (κ2) is 11.2. The number of benzodiazepines with no additional fused rings is 1. The highest BCUT2D eigenvalue weighted by Gasteiger charge is 2.22. The molecule has 0 bridgehead atoms. The standard InChI is InChI=1S/C16H13ClN2O.C11H11N5/c1-19-14-8-7-12(17)9-13(14)16(18-10-15(19)20)11-5-3-2-4-6-11;12-10-7-6-9(11(13)14-10)16-15-8-4-2-1-3-5-8/h2-9H,10H2,1H3;1-7H,(H4,12,13,14). The average Bonchev–Trinajstić information content (AvgIpc) is 3.01. The van der Waals surface area contributed by atoms with Gasteiger partial charge in [-0.2, -0.15) is 5.11 Å². The third kappa shape index (κ3) is 5.92. The molecule has 0 radical (unpaired) electrons. The number of anilines is 3. The van der Waals surface area contributed by atoms with Crippen molar-refractivity contribution in [1.82, 2.24) is 4.98 Å². The number of pyridine rings is 1. The van der Waals surface area contributed by atoms with Crippen molar-refractivity contribution in [1.29, 1.82) is 0 Å². The third-order valence-corrected chi connectivity index (χ3v) is 5.56. The van der Waals surface area contributed by atoms with Gasteiger partial charge in [-0.25, -0.2) is 4.98 Å². The molecule has 1 aliphatic rings. The minimum atomic E-state index is -0.0282. The number of benzene rings is 3. The van der Waals surface area contributed by atoms with Crippen molar-refractivity contribution in [2.24, 2.45) is 15.2 Å². The number of hydrogen-bond donors (Lipinski definition) is 2. The van der Waals surface area contributed by atoms with Crippen molar-refractivity contribution in [2.75, 3.05) is 30.0 Å². The predicted molar refractivity (Wildman–Crippen MR) is 145 cm³/mol. The predicted octanol–water partition coefficient (Wildman–Crippen LogP) is 5.82. The molecule has 0 aliphatic carbocycles. The fourth-order valence-electron chi connectivity index (χ4n) is 3.48. The van der Waals surface area contributed by atoms with Gasteiger partial charge in [0.15, 0.2) is 5.82 Å². The fraction of sp³-hybridized carbons (Fsp3) is 0.0741. The second-order valence-corrected chi connectivity index (χ2v) is 8.26. The van der Waals surface area contributed by atoms with Crippen LogP contribution >= 0.6 is 11.6 Å². The molecule has 0 unspecified atom stereocenters. The fourth-order valence-corrected chi connectivity index (χ4v) is 3.65. The van der Waals surface area contributed by atoms with Crippen molar-refractivity contribution in [3.8, 4) is 0 Å². The van der Waals surface area contributed by atoms with Crippen molar-refractivity contribution >= 4 is 51.9 Å². The van der Waals surface area contributed by atoms with Gasteiger partial charge in [0.25, 0.3) is 0 Å². The summed E-state index contributed by atoms with van der Waals surface area (Å²) in [6.45, 7) is 0.146. The van der Waals surface area contributed by atoms with Crippen LogP contribution in [0.3, 0.4) is 0 Å². The summed E-state index contributed by atoms with van der Waals surface area (Å²) in [6, 6.07) is 28.1. The second-order valence-electron chi connectivity index (χ2n) is 7.82. The Morgan fingerprint density at radius 1 is 0.889 bits per heavy atom. The number of azo groups is 1. The zero-order valence-electron chi connectivity index (χ0n) is 19.5. The van der Waals surface area contributed by atoms with E-state index >= 15 is 0 Å². The Balaban J connectivity index is 0.000000174. The number of nitrogen functional groups attached to an aromatic ring is 2. The van der Waals surface area contributed by atoms with E-state index in [4.69, 9.17) is 23.1 Å². The summed E-state index contributed by atoms with van der Waals surface area (Å²) in [5.41, 5.74) is 15.9.